The molecule has 2 atom stereocenters. The molecule has 0 unspecified atom stereocenters. The van der Waals surface area contributed by atoms with Crippen molar-refractivity contribution in [3.05, 3.63) is 29.8 Å². The highest BCUT2D eigenvalue weighted by molar-refractivity contribution is 5.99. The first-order valence-electron chi connectivity index (χ1n) is 6.34. The average molecular weight is 247 g/mol. The summed E-state index contributed by atoms with van der Waals surface area (Å²) in [6.07, 6.45) is 0.745. The van der Waals surface area contributed by atoms with Gasteiger partial charge in [0.05, 0.1) is 6.04 Å². The Labute approximate surface area is 108 Å². The number of amides is 1. The van der Waals surface area contributed by atoms with Gasteiger partial charge < -0.3 is 15.5 Å². The molecule has 0 spiro atoms. The zero-order valence-corrected chi connectivity index (χ0v) is 11.3. The number of carbonyl (C=O) groups excluding carboxylic acids is 1. The first-order chi connectivity index (χ1) is 8.50. The molecule has 2 N–H and O–H groups in total. The minimum Gasteiger partial charge on any atom is -0.320 e. The van der Waals surface area contributed by atoms with E-state index in [0.29, 0.717) is 6.04 Å². The fraction of sp³-hybridized carbons (Fsp3) is 0.500. The number of nitrogens with zero attached hydrogens (tertiary/aromatic N) is 2. The molecule has 4 heteroatoms. The number of anilines is 1. The van der Waals surface area contributed by atoms with E-state index in [1.54, 1.807) is 4.90 Å². The molecule has 0 aromatic heterocycles. The lowest BCUT2D eigenvalue weighted by Crippen LogP contribution is -2.33. The number of rotatable bonds is 3. The number of hydrogen-bond donors (Lipinski definition) is 1. The van der Waals surface area contributed by atoms with Crippen molar-refractivity contribution in [2.24, 2.45) is 5.73 Å². The topological polar surface area (TPSA) is 49.6 Å². The van der Waals surface area contributed by atoms with Crippen LogP contribution in [0.4, 0.5) is 5.69 Å². The molecule has 18 heavy (non-hydrogen) atoms. The van der Waals surface area contributed by atoms with Crippen LogP contribution in [0.25, 0.3) is 0 Å². The highest BCUT2D eigenvalue weighted by Gasteiger charge is 2.29. The molecule has 0 bridgehead atoms. The van der Waals surface area contributed by atoms with Gasteiger partial charge in [-0.1, -0.05) is 12.1 Å². The van der Waals surface area contributed by atoms with Gasteiger partial charge in [0.15, 0.2) is 0 Å². The number of benzene rings is 1. The summed E-state index contributed by atoms with van der Waals surface area (Å²) in [6, 6.07) is 8.21. The Kier molecular flexibility index (Phi) is 3.68. The molecule has 1 aromatic rings. The van der Waals surface area contributed by atoms with E-state index in [0.717, 1.165) is 18.7 Å². The predicted octanol–water partition coefficient (Wildman–Crippen LogP) is 1.37. The van der Waals surface area contributed by atoms with Crippen molar-refractivity contribution in [2.45, 2.75) is 25.4 Å². The monoisotopic (exact) mass is 247 g/mol. The first kappa shape index (κ1) is 13.1. The third-order valence-corrected chi connectivity index (χ3v) is 3.71. The second-order valence-electron chi connectivity index (χ2n) is 5.12. The summed E-state index contributed by atoms with van der Waals surface area (Å²) in [6.45, 7) is 2.88. The van der Waals surface area contributed by atoms with Gasteiger partial charge >= 0.3 is 0 Å². The van der Waals surface area contributed by atoms with E-state index in [-0.39, 0.29) is 11.9 Å². The number of hydrogen-bond acceptors (Lipinski definition) is 3. The SMILES string of the molecule is C[C@H](c1ccc(N2CC[C@H](N)C2=O)cc1)N(C)C. The quantitative estimate of drug-likeness (QED) is 0.877. The van der Waals surface area contributed by atoms with Crippen LogP contribution in [0.15, 0.2) is 24.3 Å². The Balaban J connectivity index is 2.15. The Bertz CT molecular complexity index is 427. The lowest BCUT2D eigenvalue weighted by Gasteiger charge is -2.21. The highest BCUT2D eigenvalue weighted by Crippen LogP contribution is 2.24. The van der Waals surface area contributed by atoms with Gasteiger partial charge in [0, 0.05) is 18.3 Å². The molecule has 1 aliphatic rings. The molecule has 0 saturated carbocycles. The molecule has 1 aliphatic heterocycles. The van der Waals surface area contributed by atoms with Gasteiger partial charge in [0.1, 0.15) is 0 Å². The fourth-order valence-corrected chi connectivity index (χ4v) is 2.19. The number of nitrogens with two attached hydrogens (primary N) is 1. The zero-order chi connectivity index (χ0) is 13.3. The molecule has 4 nitrogen and oxygen atoms in total. The second-order valence-corrected chi connectivity index (χ2v) is 5.12. The van der Waals surface area contributed by atoms with E-state index in [1.165, 1.54) is 5.56 Å². The van der Waals surface area contributed by atoms with E-state index < -0.39 is 0 Å². The second kappa shape index (κ2) is 5.08. The molecule has 2 rings (SSSR count). The molecule has 1 saturated heterocycles. The molecule has 1 aromatic carbocycles. The Hall–Kier alpha value is -1.39. The molecule has 1 heterocycles. The predicted molar refractivity (Wildman–Crippen MR) is 73.5 cm³/mol. The van der Waals surface area contributed by atoms with E-state index in [1.807, 2.05) is 12.1 Å². The van der Waals surface area contributed by atoms with Crippen LogP contribution in [0.3, 0.4) is 0 Å². The van der Waals surface area contributed by atoms with Crippen LogP contribution in [0.1, 0.15) is 24.9 Å². The molecule has 98 valence electrons. The molecule has 1 amide bonds. The average Bonchev–Trinajstić information content (AvgIpc) is 2.69. The van der Waals surface area contributed by atoms with Crippen molar-refractivity contribution in [3.8, 4) is 0 Å². The van der Waals surface area contributed by atoms with Gasteiger partial charge in [-0.05, 0) is 45.1 Å². The van der Waals surface area contributed by atoms with Crippen LogP contribution in [-0.2, 0) is 4.79 Å². The van der Waals surface area contributed by atoms with Crippen molar-refractivity contribution in [1.29, 1.82) is 0 Å². The smallest absolute Gasteiger partial charge is 0.243 e. The standard InChI is InChI=1S/C14H21N3O/c1-10(16(2)3)11-4-6-12(7-5-11)17-9-8-13(15)14(17)18/h4-7,10,13H,8-9,15H2,1-3H3/t10-,13+/m1/s1. The molecule has 0 aliphatic carbocycles. The van der Waals surface area contributed by atoms with Crippen LogP contribution >= 0.6 is 0 Å². The molecular weight excluding hydrogens is 226 g/mol. The van der Waals surface area contributed by atoms with Gasteiger partial charge in [-0.25, -0.2) is 0 Å². The van der Waals surface area contributed by atoms with Crippen molar-refractivity contribution < 1.29 is 4.79 Å². The Morgan fingerprint density at radius 2 is 1.94 bits per heavy atom. The van der Waals surface area contributed by atoms with Gasteiger partial charge in [-0.3, -0.25) is 4.79 Å². The van der Waals surface area contributed by atoms with Gasteiger partial charge in [-0.2, -0.15) is 0 Å². The van der Waals surface area contributed by atoms with Crippen molar-refractivity contribution in [2.75, 3.05) is 25.5 Å². The Morgan fingerprint density at radius 1 is 1.33 bits per heavy atom. The van der Waals surface area contributed by atoms with E-state index in [9.17, 15) is 4.79 Å². The fourth-order valence-electron chi connectivity index (χ4n) is 2.19. The minimum atomic E-state index is -0.328. The van der Waals surface area contributed by atoms with Crippen LogP contribution in [-0.4, -0.2) is 37.5 Å². The van der Waals surface area contributed by atoms with E-state index in [4.69, 9.17) is 5.73 Å². The third kappa shape index (κ3) is 2.40. The largest absolute Gasteiger partial charge is 0.320 e. The summed E-state index contributed by atoms with van der Waals surface area (Å²) in [4.78, 5) is 15.8. The van der Waals surface area contributed by atoms with Crippen molar-refractivity contribution in [1.82, 2.24) is 4.90 Å². The summed E-state index contributed by atoms with van der Waals surface area (Å²) in [5.41, 5.74) is 7.92. The van der Waals surface area contributed by atoms with Gasteiger partial charge in [0.25, 0.3) is 0 Å². The van der Waals surface area contributed by atoms with Crippen LogP contribution < -0.4 is 10.6 Å². The van der Waals surface area contributed by atoms with E-state index >= 15 is 0 Å². The maximum absolute atomic E-state index is 11.8. The van der Waals surface area contributed by atoms with Crippen LogP contribution in [0.5, 0.6) is 0 Å². The summed E-state index contributed by atoms with van der Waals surface area (Å²) in [5, 5.41) is 0. The maximum atomic E-state index is 11.8. The van der Waals surface area contributed by atoms with Crippen LogP contribution in [0.2, 0.25) is 0 Å². The minimum absolute atomic E-state index is 0.0309. The third-order valence-electron chi connectivity index (χ3n) is 3.71. The summed E-state index contributed by atoms with van der Waals surface area (Å²) >= 11 is 0. The summed E-state index contributed by atoms with van der Waals surface area (Å²) in [5.74, 6) is 0.0309. The van der Waals surface area contributed by atoms with Gasteiger partial charge in [0.2, 0.25) is 5.91 Å². The molecule has 0 radical (unpaired) electrons. The maximum Gasteiger partial charge on any atom is 0.243 e. The molecule has 1 fully saturated rings. The lowest BCUT2D eigenvalue weighted by atomic mass is 10.1. The number of carbonyl (C=O) groups is 1. The summed E-state index contributed by atoms with van der Waals surface area (Å²) < 4.78 is 0. The normalized spacial score (nSPS) is 21.7. The lowest BCUT2D eigenvalue weighted by molar-refractivity contribution is -0.118. The van der Waals surface area contributed by atoms with E-state index in [2.05, 4.69) is 38.1 Å². The molecular formula is C14H21N3O. The van der Waals surface area contributed by atoms with Crippen molar-refractivity contribution >= 4 is 11.6 Å². The zero-order valence-electron chi connectivity index (χ0n) is 11.3. The first-order valence-corrected chi connectivity index (χ1v) is 6.34. The van der Waals surface area contributed by atoms with Crippen molar-refractivity contribution in [3.63, 3.8) is 0 Å². The van der Waals surface area contributed by atoms with Crippen LogP contribution in [0, 0.1) is 0 Å². The summed E-state index contributed by atoms with van der Waals surface area (Å²) in [7, 11) is 4.11. The Morgan fingerprint density at radius 3 is 2.39 bits per heavy atom. The van der Waals surface area contributed by atoms with Gasteiger partial charge in [-0.15, -0.1) is 0 Å². The highest BCUT2D eigenvalue weighted by atomic mass is 16.2.